The fraction of sp³-hybridized carbons (Fsp3) is 0.278. The molecule has 3 rings (SSSR count). The molecule has 1 atom stereocenters. The fourth-order valence-corrected chi connectivity index (χ4v) is 2.91. The van der Waals surface area contributed by atoms with Crippen molar-refractivity contribution >= 4 is 29.7 Å². The van der Waals surface area contributed by atoms with E-state index in [1.165, 1.54) is 5.56 Å². The summed E-state index contributed by atoms with van der Waals surface area (Å²) in [5, 5.41) is 0. The fourth-order valence-electron chi connectivity index (χ4n) is 2.91. The zero-order valence-corrected chi connectivity index (χ0v) is 13.5. The van der Waals surface area contributed by atoms with E-state index in [0.717, 1.165) is 29.9 Å². The van der Waals surface area contributed by atoms with Crippen LogP contribution in [-0.4, -0.2) is 12.5 Å². The second-order valence-corrected chi connectivity index (χ2v) is 5.71. The van der Waals surface area contributed by atoms with Crippen molar-refractivity contribution in [3.63, 3.8) is 0 Å². The number of nitrogen functional groups attached to an aromatic ring is 1. The maximum Gasteiger partial charge on any atom is 0.231 e. The van der Waals surface area contributed by atoms with Crippen LogP contribution in [0.15, 0.2) is 48.5 Å². The van der Waals surface area contributed by atoms with Crippen LogP contribution in [0.1, 0.15) is 30.4 Å². The van der Waals surface area contributed by atoms with Crippen molar-refractivity contribution in [2.75, 3.05) is 17.2 Å². The molecule has 1 amide bonds. The summed E-state index contributed by atoms with van der Waals surface area (Å²) in [5.41, 5.74) is 9.75. The summed E-state index contributed by atoms with van der Waals surface area (Å²) in [5.74, 6) is 0.667. The highest BCUT2D eigenvalue weighted by atomic mass is 35.5. The van der Waals surface area contributed by atoms with E-state index in [0.29, 0.717) is 12.3 Å². The number of hydrogen-bond acceptors (Lipinski definition) is 2. The van der Waals surface area contributed by atoms with E-state index in [2.05, 4.69) is 13.0 Å². The summed E-state index contributed by atoms with van der Waals surface area (Å²) in [7, 11) is 0. The molecule has 0 saturated heterocycles. The highest BCUT2D eigenvalue weighted by Crippen LogP contribution is 2.34. The van der Waals surface area contributed by atoms with Gasteiger partial charge < -0.3 is 10.6 Å². The number of carbonyl (C=O) groups is 1. The van der Waals surface area contributed by atoms with E-state index in [1.54, 1.807) is 0 Å². The third-order valence-electron chi connectivity index (χ3n) is 4.18. The predicted molar refractivity (Wildman–Crippen MR) is 93.6 cm³/mol. The first kappa shape index (κ1) is 16.4. The smallest absolute Gasteiger partial charge is 0.231 e. The number of rotatable bonds is 2. The van der Waals surface area contributed by atoms with Gasteiger partial charge in [-0.15, -0.1) is 12.4 Å². The highest BCUT2D eigenvalue weighted by molar-refractivity contribution is 5.96. The van der Waals surface area contributed by atoms with E-state index in [1.807, 2.05) is 47.4 Å². The lowest BCUT2D eigenvalue weighted by Gasteiger charge is -2.33. The molecule has 0 radical (unpaired) electrons. The Bertz CT molecular complexity index is 654. The van der Waals surface area contributed by atoms with E-state index in [9.17, 15) is 4.79 Å². The molecule has 2 N–H and O–H groups in total. The number of para-hydroxylation sites is 1. The van der Waals surface area contributed by atoms with Crippen LogP contribution < -0.4 is 10.6 Å². The van der Waals surface area contributed by atoms with Crippen molar-refractivity contribution in [1.29, 1.82) is 0 Å². The number of nitrogens with zero attached hydrogens (tertiary/aromatic N) is 1. The molecule has 4 heteroatoms. The molecule has 1 aliphatic rings. The average Bonchev–Trinajstić information content (AvgIpc) is 2.50. The van der Waals surface area contributed by atoms with Crippen LogP contribution in [0, 0.1) is 0 Å². The lowest BCUT2D eigenvalue weighted by Crippen LogP contribution is -2.37. The third kappa shape index (κ3) is 3.25. The number of halogens is 1. The molecule has 0 spiro atoms. The van der Waals surface area contributed by atoms with Gasteiger partial charge in [-0.25, -0.2) is 0 Å². The van der Waals surface area contributed by atoms with E-state index >= 15 is 0 Å². The Morgan fingerprint density at radius 3 is 2.59 bits per heavy atom. The topological polar surface area (TPSA) is 46.3 Å². The molecule has 0 fully saturated rings. The van der Waals surface area contributed by atoms with Crippen LogP contribution in [0.4, 0.5) is 11.4 Å². The van der Waals surface area contributed by atoms with Crippen LogP contribution in [-0.2, 0) is 11.2 Å². The lowest BCUT2D eigenvalue weighted by atomic mass is 9.91. The number of benzene rings is 2. The Morgan fingerprint density at radius 2 is 1.86 bits per heavy atom. The van der Waals surface area contributed by atoms with E-state index in [-0.39, 0.29) is 18.3 Å². The largest absolute Gasteiger partial charge is 0.399 e. The first-order chi connectivity index (χ1) is 10.1. The van der Waals surface area contributed by atoms with Gasteiger partial charge >= 0.3 is 0 Å². The zero-order valence-electron chi connectivity index (χ0n) is 12.7. The minimum atomic E-state index is 0. The van der Waals surface area contributed by atoms with Crippen LogP contribution in [0.5, 0.6) is 0 Å². The Kier molecular flexibility index (Phi) is 5.09. The SMILES string of the molecule is CC1CCN(C(=O)Cc2ccc(N)cc2)c2ccccc21.Cl. The van der Waals surface area contributed by atoms with E-state index < -0.39 is 0 Å². The van der Waals surface area contributed by atoms with Gasteiger partial charge in [0.05, 0.1) is 6.42 Å². The standard InChI is InChI=1S/C18H20N2O.ClH/c1-13-10-11-20(17-5-3-2-4-16(13)17)18(21)12-14-6-8-15(19)9-7-14;/h2-9,13H,10-12,19H2,1H3;1H. The molecule has 116 valence electrons. The van der Waals surface area contributed by atoms with Crippen LogP contribution in [0.3, 0.4) is 0 Å². The Labute approximate surface area is 137 Å². The van der Waals surface area contributed by atoms with Crippen LogP contribution >= 0.6 is 12.4 Å². The summed E-state index contributed by atoms with van der Waals surface area (Å²) in [6.45, 7) is 3.02. The highest BCUT2D eigenvalue weighted by Gasteiger charge is 2.25. The normalized spacial score (nSPS) is 16.6. The number of carbonyl (C=O) groups excluding carboxylic acids is 1. The Hall–Kier alpha value is -2.00. The zero-order chi connectivity index (χ0) is 14.8. The van der Waals surface area contributed by atoms with Gasteiger partial charge in [0, 0.05) is 17.9 Å². The molecule has 2 aromatic rings. The first-order valence-electron chi connectivity index (χ1n) is 7.39. The van der Waals surface area contributed by atoms with Gasteiger partial charge in [-0.05, 0) is 41.7 Å². The summed E-state index contributed by atoms with van der Waals surface area (Å²) < 4.78 is 0. The van der Waals surface area contributed by atoms with Crippen LogP contribution in [0.25, 0.3) is 0 Å². The minimum Gasteiger partial charge on any atom is -0.399 e. The second-order valence-electron chi connectivity index (χ2n) is 5.71. The number of amides is 1. The molecular formula is C18H21ClN2O. The second kappa shape index (κ2) is 6.84. The van der Waals surface area contributed by atoms with E-state index in [4.69, 9.17) is 5.73 Å². The molecule has 2 aromatic carbocycles. The molecular weight excluding hydrogens is 296 g/mol. The lowest BCUT2D eigenvalue weighted by molar-refractivity contribution is -0.118. The molecule has 0 bridgehead atoms. The number of nitrogens with two attached hydrogens (primary N) is 1. The van der Waals surface area contributed by atoms with Gasteiger partial charge in [-0.2, -0.15) is 0 Å². The maximum absolute atomic E-state index is 12.6. The molecule has 1 aliphatic heterocycles. The summed E-state index contributed by atoms with van der Waals surface area (Å²) in [4.78, 5) is 14.5. The minimum absolute atomic E-state index is 0. The molecule has 1 unspecified atom stereocenters. The maximum atomic E-state index is 12.6. The van der Waals surface area contributed by atoms with Crippen molar-refractivity contribution in [3.05, 3.63) is 59.7 Å². The van der Waals surface area contributed by atoms with Gasteiger partial charge in [-0.1, -0.05) is 37.3 Å². The van der Waals surface area contributed by atoms with Crippen molar-refractivity contribution in [3.8, 4) is 0 Å². The Balaban J connectivity index is 0.00000176. The summed E-state index contributed by atoms with van der Waals surface area (Å²) in [6.07, 6.45) is 1.44. The van der Waals surface area contributed by atoms with Crippen molar-refractivity contribution < 1.29 is 4.79 Å². The summed E-state index contributed by atoms with van der Waals surface area (Å²) in [6, 6.07) is 15.7. The molecule has 0 aromatic heterocycles. The molecule has 0 saturated carbocycles. The number of anilines is 2. The number of fused-ring (bicyclic) bond motifs is 1. The number of hydrogen-bond donors (Lipinski definition) is 1. The summed E-state index contributed by atoms with van der Waals surface area (Å²) >= 11 is 0. The third-order valence-corrected chi connectivity index (χ3v) is 4.18. The molecule has 1 heterocycles. The molecule has 0 aliphatic carbocycles. The molecule has 3 nitrogen and oxygen atoms in total. The molecule has 22 heavy (non-hydrogen) atoms. The Morgan fingerprint density at radius 1 is 1.18 bits per heavy atom. The van der Waals surface area contributed by atoms with Crippen molar-refractivity contribution in [2.24, 2.45) is 0 Å². The predicted octanol–water partition coefficient (Wildman–Crippen LogP) is 3.77. The first-order valence-corrected chi connectivity index (χ1v) is 7.39. The average molecular weight is 317 g/mol. The van der Waals surface area contributed by atoms with Gasteiger partial charge in [0.15, 0.2) is 0 Å². The van der Waals surface area contributed by atoms with Gasteiger partial charge in [0.25, 0.3) is 0 Å². The van der Waals surface area contributed by atoms with Gasteiger partial charge in [0.1, 0.15) is 0 Å². The van der Waals surface area contributed by atoms with Crippen molar-refractivity contribution in [2.45, 2.75) is 25.7 Å². The monoisotopic (exact) mass is 316 g/mol. The van der Waals surface area contributed by atoms with Crippen LogP contribution in [0.2, 0.25) is 0 Å². The quantitative estimate of drug-likeness (QED) is 0.857. The van der Waals surface area contributed by atoms with Gasteiger partial charge in [0.2, 0.25) is 5.91 Å². The van der Waals surface area contributed by atoms with Gasteiger partial charge in [-0.3, -0.25) is 4.79 Å². The van der Waals surface area contributed by atoms with Crippen molar-refractivity contribution in [1.82, 2.24) is 0 Å².